The number of benzene rings is 2. The number of ether oxygens (including phenoxy) is 1. The summed E-state index contributed by atoms with van der Waals surface area (Å²) in [5, 5.41) is 23.7. The second-order valence-corrected chi connectivity index (χ2v) is 13.1. The molecule has 2 N–H and O–H groups in total. The largest absolute Gasteiger partial charge is 0.504 e. The van der Waals surface area contributed by atoms with E-state index in [1.165, 1.54) is 56.1 Å². The van der Waals surface area contributed by atoms with Crippen molar-refractivity contribution in [3.05, 3.63) is 71.8 Å². The number of piperidine rings is 1. The number of nitrogens with zero attached hydrogens (tertiary/aromatic N) is 2. The van der Waals surface area contributed by atoms with Crippen LogP contribution in [0.4, 0.5) is 0 Å². The number of unbranched alkanes of at least 4 members (excludes halogenated alkanes) is 5. The van der Waals surface area contributed by atoms with Crippen molar-refractivity contribution < 1.29 is 14.9 Å². The lowest BCUT2D eigenvalue weighted by molar-refractivity contribution is -0.198. The molecule has 2 aromatic carbocycles. The third-order valence-corrected chi connectivity index (χ3v) is 10.9. The number of phenolic OH excluding ortho intramolecular Hbond substituents is 1. The molecule has 2 bridgehead atoms. The predicted octanol–water partition coefficient (Wildman–Crippen LogP) is 6.40. The SMILES string of the molecule is C=CCN1CC[C@]23c4c5ccc(O)c4O[C@H]2[C@H](N(CCCCC)CCCCCCc2ccccc2)CC[C@@]3(O)[C@H]1C5. The van der Waals surface area contributed by atoms with Crippen LogP contribution < -0.4 is 4.74 Å². The van der Waals surface area contributed by atoms with Crippen LogP contribution in [-0.2, 0) is 18.3 Å². The Balaban J connectivity index is 1.22. The summed E-state index contributed by atoms with van der Waals surface area (Å²) in [7, 11) is 0. The number of hydrogen-bond acceptors (Lipinski definition) is 5. The molecular formula is C36H50N2O3. The summed E-state index contributed by atoms with van der Waals surface area (Å²) < 4.78 is 6.87. The summed E-state index contributed by atoms with van der Waals surface area (Å²) in [5.41, 5.74) is 2.50. The van der Waals surface area contributed by atoms with Gasteiger partial charge in [-0.3, -0.25) is 9.80 Å². The van der Waals surface area contributed by atoms with E-state index in [2.05, 4.69) is 59.7 Å². The molecule has 2 aromatic rings. The number of aliphatic hydroxyl groups is 1. The van der Waals surface area contributed by atoms with Crippen molar-refractivity contribution in [3.8, 4) is 11.5 Å². The summed E-state index contributed by atoms with van der Waals surface area (Å²) in [6.45, 7) is 10.2. The molecule has 1 saturated carbocycles. The topological polar surface area (TPSA) is 56.2 Å². The highest BCUT2D eigenvalue weighted by molar-refractivity contribution is 5.62. The van der Waals surface area contributed by atoms with E-state index in [4.69, 9.17) is 4.74 Å². The van der Waals surface area contributed by atoms with Crippen molar-refractivity contribution in [2.45, 2.75) is 113 Å². The van der Waals surface area contributed by atoms with Gasteiger partial charge in [0.2, 0.25) is 0 Å². The smallest absolute Gasteiger partial charge is 0.165 e. The Labute approximate surface area is 247 Å². The van der Waals surface area contributed by atoms with Gasteiger partial charge in [-0.05, 0) is 88.2 Å². The number of aryl methyl sites for hydroxylation is 1. The lowest BCUT2D eigenvalue weighted by atomic mass is 9.48. The van der Waals surface area contributed by atoms with Gasteiger partial charge in [0.1, 0.15) is 6.10 Å². The van der Waals surface area contributed by atoms with Crippen LogP contribution in [0.3, 0.4) is 0 Å². The zero-order chi connectivity index (χ0) is 28.5. The van der Waals surface area contributed by atoms with Crippen LogP contribution in [0.25, 0.3) is 0 Å². The minimum absolute atomic E-state index is 0.0578. The van der Waals surface area contributed by atoms with Gasteiger partial charge >= 0.3 is 0 Å². The molecule has 2 heterocycles. The highest BCUT2D eigenvalue weighted by Gasteiger charge is 2.73. The van der Waals surface area contributed by atoms with Gasteiger partial charge in [-0.15, -0.1) is 6.58 Å². The molecule has 0 amide bonds. The maximum absolute atomic E-state index is 12.7. The molecule has 5 atom stereocenters. The first-order chi connectivity index (χ1) is 20.0. The van der Waals surface area contributed by atoms with Crippen LogP contribution >= 0.6 is 0 Å². The van der Waals surface area contributed by atoms with Gasteiger partial charge < -0.3 is 14.9 Å². The van der Waals surface area contributed by atoms with Gasteiger partial charge in [-0.1, -0.05) is 75.1 Å². The van der Waals surface area contributed by atoms with Gasteiger partial charge in [0, 0.05) is 24.2 Å². The monoisotopic (exact) mass is 558 g/mol. The molecule has 0 aromatic heterocycles. The van der Waals surface area contributed by atoms with E-state index in [0.29, 0.717) is 5.75 Å². The summed E-state index contributed by atoms with van der Waals surface area (Å²) >= 11 is 0. The van der Waals surface area contributed by atoms with Crippen LogP contribution in [-0.4, -0.2) is 70.0 Å². The Kier molecular flexibility index (Phi) is 8.49. The molecular weight excluding hydrogens is 508 g/mol. The van der Waals surface area contributed by atoms with Crippen molar-refractivity contribution in [1.82, 2.24) is 9.80 Å². The van der Waals surface area contributed by atoms with Crippen LogP contribution in [0.2, 0.25) is 0 Å². The van der Waals surface area contributed by atoms with E-state index in [1.54, 1.807) is 0 Å². The average Bonchev–Trinajstić information content (AvgIpc) is 3.33. The zero-order valence-corrected chi connectivity index (χ0v) is 25.1. The Hall–Kier alpha value is -2.34. The lowest BCUT2D eigenvalue weighted by Gasteiger charge is -2.65. The number of phenols is 1. The Morgan fingerprint density at radius 2 is 1.80 bits per heavy atom. The quantitative estimate of drug-likeness (QED) is 0.208. The first-order valence-electron chi connectivity index (χ1n) is 16.4. The molecule has 1 spiro atoms. The second kappa shape index (κ2) is 12.1. The Bertz CT molecular complexity index is 1200. The van der Waals surface area contributed by atoms with Gasteiger partial charge in [0.25, 0.3) is 0 Å². The molecule has 4 aliphatic rings. The van der Waals surface area contributed by atoms with Crippen LogP contribution in [0, 0.1) is 0 Å². The maximum atomic E-state index is 12.7. The van der Waals surface area contributed by atoms with E-state index in [1.807, 2.05) is 12.1 Å². The number of hydrogen-bond donors (Lipinski definition) is 2. The van der Waals surface area contributed by atoms with E-state index in [-0.39, 0.29) is 23.9 Å². The normalized spacial score (nSPS) is 29.8. The van der Waals surface area contributed by atoms with Crippen molar-refractivity contribution in [2.75, 3.05) is 26.2 Å². The molecule has 2 aliphatic carbocycles. The minimum atomic E-state index is -0.853. The Morgan fingerprint density at radius 3 is 2.59 bits per heavy atom. The van der Waals surface area contributed by atoms with Crippen molar-refractivity contribution in [2.24, 2.45) is 0 Å². The molecule has 222 valence electrons. The zero-order valence-electron chi connectivity index (χ0n) is 25.1. The summed E-state index contributed by atoms with van der Waals surface area (Å²) in [6.07, 6.45) is 15.0. The molecule has 2 fully saturated rings. The number of aromatic hydroxyl groups is 1. The second-order valence-electron chi connectivity index (χ2n) is 13.1. The number of rotatable bonds is 14. The van der Waals surface area contributed by atoms with E-state index in [0.717, 1.165) is 63.8 Å². The molecule has 0 radical (unpaired) electrons. The summed E-state index contributed by atoms with van der Waals surface area (Å²) in [4.78, 5) is 5.16. The molecule has 2 aliphatic heterocycles. The molecule has 41 heavy (non-hydrogen) atoms. The molecule has 0 unspecified atom stereocenters. The summed E-state index contributed by atoms with van der Waals surface area (Å²) in [6, 6.07) is 15.0. The third kappa shape index (κ3) is 4.92. The van der Waals surface area contributed by atoms with Crippen molar-refractivity contribution in [3.63, 3.8) is 0 Å². The number of likely N-dealkylation sites (tertiary alicyclic amines) is 1. The van der Waals surface area contributed by atoms with Gasteiger partial charge in [-0.25, -0.2) is 0 Å². The van der Waals surface area contributed by atoms with Crippen molar-refractivity contribution in [1.29, 1.82) is 0 Å². The Morgan fingerprint density at radius 1 is 1.02 bits per heavy atom. The minimum Gasteiger partial charge on any atom is -0.504 e. The van der Waals surface area contributed by atoms with Gasteiger partial charge in [0.05, 0.1) is 11.0 Å². The fourth-order valence-electron chi connectivity index (χ4n) is 9.01. The first kappa shape index (κ1) is 28.8. The standard InChI is InChI=1S/C36H50N2O3/c1-3-5-12-23-37(24-13-7-6-9-14-27-15-10-8-11-16-27)29-19-20-36(40)31-26-28-17-18-30(39)33-32(28)35(36,34(29)41-33)21-25-38(31)22-4-2/h4,8,10-11,15-18,29,31,34,39-40H,2-3,5-7,9,12-14,19-26H2,1H3/t29-,31-,34+,35+,36-/m1/s1. The van der Waals surface area contributed by atoms with Crippen LogP contribution in [0.1, 0.15) is 87.8 Å². The highest BCUT2D eigenvalue weighted by Crippen LogP contribution is 2.65. The van der Waals surface area contributed by atoms with Crippen LogP contribution in [0.5, 0.6) is 11.5 Å². The maximum Gasteiger partial charge on any atom is 0.165 e. The summed E-state index contributed by atoms with van der Waals surface area (Å²) in [5.74, 6) is 0.888. The third-order valence-electron chi connectivity index (χ3n) is 10.9. The molecule has 6 rings (SSSR count). The average molecular weight is 559 g/mol. The molecule has 1 saturated heterocycles. The fourth-order valence-corrected chi connectivity index (χ4v) is 9.01. The van der Waals surface area contributed by atoms with Crippen LogP contribution in [0.15, 0.2) is 55.1 Å². The fraction of sp³-hybridized carbons (Fsp3) is 0.611. The van der Waals surface area contributed by atoms with Crippen molar-refractivity contribution >= 4 is 0 Å². The van der Waals surface area contributed by atoms with Gasteiger partial charge in [0.15, 0.2) is 11.5 Å². The molecule has 5 nitrogen and oxygen atoms in total. The predicted molar refractivity (Wildman–Crippen MR) is 166 cm³/mol. The highest BCUT2D eigenvalue weighted by atomic mass is 16.5. The van der Waals surface area contributed by atoms with Gasteiger partial charge in [-0.2, -0.15) is 0 Å². The van der Waals surface area contributed by atoms with E-state index in [9.17, 15) is 10.2 Å². The van der Waals surface area contributed by atoms with E-state index < -0.39 is 11.0 Å². The first-order valence-corrected chi connectivity index (χ1v) is 16.4. The molecule has 5 heteroatoms. The van der Waals surface area contributed by atoms with E-state index >= 15 is 0 Å². The lowest BCUT2D eigenvalue weighted by Crippen LogP contribution is -2.78.